The maximum Gasteiger partial charge on any atom is 0.273 e. The number of nitrogen functional groups attached to an aromatic ring is 1. The summed E-state index contributed by atoms with van der Waals surface area (Å²) in [6.07, 6.45) is 1.40. The Morgan fingerprint density at radius 1 is 1.47 bits per heavy atom. The molecular weight excluding hydrogens is 255 g/mol. The van der Waals surface area contributed by atoms with Crippen LogP contribution >= 0.6 is 0 Å². The molecule has 0 spiro atoms. The summed E-state index contributed by atoms with van der Waals surface area (Å²) in [5, 5.41) is 14.7. The fourth-order valence-corrected chi connectivity index (χ4v) is 1.75. The molecule has 0 fully saturated rings. The molecule has 2 rings (SSSR count). The molecule has 0 radical (unpaired) electrons. The first-order valence-corrected chi connectivity index (χ1v) is 5.25. The number of nitro benzene ring substituents is 1. The van der Waals surface area contributed by atoms with Crippen LogP contribution in [0, 0.1) is 15.9 Å². The molecule has 0 saturated carbocycles. The zero-order chi connectivity index (χ0) is 14.2. The normalized spacial score (nSPS) is 10.5. The van der Waals surface area contributed by atoms with Gasteiger partial charge in [-0.25, -0.2) is 4.39 Å². The number of rotatable bonds is 3. The van der Waals surface area contributed by atoms with Gasteiger partial charge in [0.2, 0.25) is 0 Å². The lowest BCUT2D eigenvalue weighted by Gasteiger charge is -2.09. The van der Waals surface area contributed by atoms with Crippen molar-refractivity contribution in [2.45, 2.75) is 0 Å². The van der Waals surface area contributed by atoms with E-state index in [1.165, 1.54) is 24.1 Å². The van der Waals surface area contributed by atoms with Crippen molar-refractivity contribution in [3.05, 3.63) is 34.3 Å². The van der Waals surface area contributed by atoms with Gasteiger partial charge in [-0.15, -0.1) is 0 Å². The Balaban J connectivity index is 2.73. The highest BCUT2D eigenvalue weighted by atomic mass is 19.1. The Hall–Kier alpha value is -2.64. The van der Waals surface area contributed by atoms with Gasteiger partial charge in [-0.05, 0) is 0 Å². The molecule has 0 aliphatic heterocycles. The van der Waals surface area contributed by atoms with E-state index in [9.17, 15) is 14.5 Å². The van der Waals surface area contributed by atoms with E-state index in [1.807, 2.05) is 0 Å². The van der Waals surface area contributed by atoms with Gasteiger partial charge in [0.1, 0.15) is 5.82 Å². The van der Waals surface area contributed by atoms with Crippen molar-refractivity contribution in [2.24, 2.45) is 7.05 Å². The topological polar surface area (TPSA) is 96.2 Å². The number of nitro groups is 1. The van der Waals surface area contributed by atoms with Crippen LogP contribution < -0.4 is 10.5 Å². The molecule has 2 N–H and O–H groups in total. The third-order valence-electron chi connectivity index (χ3n) is 2.72. The zero-order valence-corrected chi connectivity index (χ0v) is 10.3. The van der Waals surface area contributed by atoms with E-state index in [2.05, 4.69) is 5.10 Å². The third-order valence-corrected chi connectivity index (χ3v) is 2.72. The second-order valence-corrected chi connectivity index (χ2v) is 3.83. The SMILES string of the molecule is COc1c(F)cc([N+](=O)[O-])cc1-c1cnn(C)c1N. The van der Waals surface area contributed by atoms with Crippen molar-refractivity contribution < 1.29 is 14.1 Å². The maximum absolute atomic E-state index is 13.8. The van der Waals surface area contributed by atoms with Crippen LogP contribution in [0.4, 0.5) is 15.9 Å². The summed E-state index contributed by atoms with van der Waals surface area (Å²) in [5.41, 5.74) is 5.98. The predicted molar refractivity (Wildman–Crippen MR) is 66.2 cm³/mol. The van der Waals surface area contributed by atoms with Gasteiger partial charge in [0.15, 0.2) is 11.6 Å². The molecule has 8 heteroatoms. The lowest BCUT2D eigenvalue weighted by molar-refractivity contribution is -0.385. The van der Waals surface area contributed by atoms with Crippen molar-refractivity contribution in [2.75, 3.05) is 12.8 Å². The maximum atomic E-state index is 13.8. The Morgan fingerprint density at radius 3 is 2.63 bits per heavy atom. The number of nitrogens with two attached hydrogens (primary N) is 1. The molecule has 0 bridgehead atoms. The Labute approximate surface area is 107 Å². The fourth-order valence-electron chi connectivity index (χ4n) is 1.75. The number of nitrogens with zero attached hydrogens (tertiary/aromatic N) is 3. The van der Waals surface area contributed by atoms with E-state index in [4.69, 9.17) is 10.5 Å². The van der Waals surface area contributed by atoms with Gasteiger partial charge < -0.3 is 10.5 Å². The molecule has 0 saturated heterocycles. The summed E-state index contributed by atoms with van der Waals surface area (Å²) in [7, 11) is 2.89. The highest BCUT2D eigenvalue weighted by molar-refractivity contribution is 5.80. The van der Waals surface area contributed by atoms with E-state index < -0.39 is 10.7 Å². The number of aromatic nitrogens is 2. The summed E-state index contributed by atoms with van der Waals surface area (Å²) in [6.45, 7) is 0. The van der Waals surface area contributed by atoms with Crippen LogP contribution in [-0.4, -0.2) is 21.8 Å². The molecule has 0 unspecified atom stereocenters. The van der Waals surface area contributed by atoms with Gasteiger partial charge in [-0.2, -0.15) is 5.10 Å². The third kappa shape index (κ3) is 2.07. The van der Waals surface area contributed by atoms with Crippen molar-refractivity contribution in [3.8, 4) is 16.9 Å². The second-order valence-electron chi connectivity index (χ2n) is 3.83. The van der Waals surface area contributed by atoms with Crippen molar-refractivity contribution in [1.82, 2.24) is 9.78 Å². The largest absolute Gasteiger partial charge is 0.493 e. The molecule has 0 amide bonds. The number of hydrogen-bond acceptors (Lipinski definition) is 5. The van der Waals surface area contributed by atoms with E-state index in [0.29, 0.717) is 5.56 Å². The summed E-state index contributed by atoms with van der Waals surface area (Å²) in [5.74, 6) is -0.668. The number of benzene rings is 1. The molecule has 100 valence electrons. The molecule has 0 atom stereocenters. The van der Waals surface area contributed by atoms with E-state index >= 15 is 0 Å². The molecular formula is C11H11FN4O3. The first-order chi connectivity index (χ1) is 8.95. The molecule has 2 aromatic rings. The Kier molecular flexibility index (Phi) is 3.07. The second kappa shape index (κ2) is 4.56. The number of hydrogen-bond donors (Lipinski definition) is 1. The predicted octanol–water partition coefficient (Wildman–Crippen LogP) is 1.73. The molecule has 1 aromatic carbocycles. The summed E-state index contributed by atoms with van der Waals surface area (Å²) < 4.78 is 20.1. The standard InChI is InChI=1S/C11H11FN4O3/c1-15-11(13)8(5-14-15)7-3-6(16(17)18)4-9(12)10(7)19-2/h3-5H,13H2,1-2H3. The highest BCUT2D eigenvalue weighted by Crippen LogP contribution is 2.38. The van der Waals surface area contributed by atoms with E-state index in [-0.39, 0.29) is 22.8 Å². The van der Waals surface area contributed by atoms with Gasteiger partial charge in [0.25, 0.3) is 5.69 Å². The molecule has 7 nitrogen and oxygen atoms in total. The lowest BCUT2D eigenvalue weighted by Crippen LogP contribution is -2.00. The minimum absolute atomic E-state index is 0.106. The minimum atomic E-state index is -0.824. The molecule has 0 aliphatic rings. The Bertz CT molecular complexity index is 654. The monoisotopic (exact) mass is 266 g/mol. The molecule has 1 aromatic heterocycles. The number of non-ortho nitro benzene ring substituents is 1. The Morgan fingerprint density at radius 2 is 2.16 bits per heavy atom. The minimum Gasteiger partial charge on any atom is -0.493 e. The van der Waals surface area contributed by atoms with Crippen LogP contribution in [0.15, 0.2) is 18.3 Å². The van der Waals surface area contributed by atoms with E-state index in [0.717, 1.165) is 6.07 Å². The highest BCUT2D eigenvalue weighted by Gasteiger charge is 2.21. The van der Waals surface area contributed by atoms with Crippen LogP contribution in [0.1, 0.15) is 0 Å². The molecule has 19 heavy (non-hydrogen) atoms. The smallest absolute Gasteiger partial charge is 0.273 e. The fraction of sp³-hybridized carbons (Fsp3) is 0.182. The average Bonchev–Trinajstić information content (AvgIpc) is 2.69. The van der Waals surface area contributed by atoms with Crippen molar-refractivity contribution >= 4 is 11.5 Å². The van der Waals surface area contributed by atoms with E-state index in [1.54, 1.807) is 7.05 Å². The van der Waals surface area contributed by atoms with Crippen molar-refractivity contribution in [3.63, 3.8) is 0 Å². The van der Waals surface area contributed by atoms with Gasteiger partial charge in [-0.1, -0.05) is 0 Å². The van der Waals surface area contributed by atoms with Gasteiger partial charge in [0.05, 0.1) is 24.3 Å². The van der Waals surface area contributed by atoms with Gasteiger partial charge in [0, 0.05) is 24.2 Å². The average molecular weight is 266 g/mol. The summed E-state index contributed by atoms with van der Waals surface area (Å²) in [6, 6.07) is 2.00. The van der Waals surface area contributed by atoms with Crippen LogP contribution in [0.3, 0.4) is 0 Å². The number of aryl methyl sites for hydroxylation is 1. The quantitative estimate of drug-likeness (QED) is 0.674. The van der Waals surface area contributed by atoms with Crippen LogP contribution in [0.25, 0.3) is 11.1 Å². The molecule has 1 heterocycles. The van der Waals surface area contributed by atoms with Gasteiger partial charge in [-0.3, -0.25) is 14.8 Å². The van der Waals surface area contributed by atoms with Crippen LogP contribution in [0.5, 0.6) is 5.75 Å². The summed E-state index contributed by atoms with van der Waals surface area (Å²) >= 11 is 0. The van der Waals surface area contributed by atoms with Gasteiger partial charge >= 0.3 is 0 Å². The number of methoxy groups -OCH3 is 1. The number of halogens is 1. The molecule has 0 aliphatic carbocycles. The summed E-state index contributed by atoms with van der Waals surface area (Å²) in [4.78, 5) is 10.1. The van der Waals surface area contributed by atoms with Crippen LogP contribution in [-0.2, 0) is 7.05 Å². The first kappa shape index (κ1) is 12.8. The van der Waals surface area contributed by atoms with Crippen LogP contribution in [0.2, 0.25) is 0 Å². The van der Waals surface area contributed by atoms with Crippen molar-refractivity contribution in [1.29, 1.82) is 0 Å². The zero-order valence-electron chi connectivity index (χ0n) is 10.3. The number of ether oxygens (including phenoxy) is 1. The number of anilines is 1. The first-order valence-electron chi connectivity index (χ1n) is 5.25. The lowest BCUT2D eigenvalue weighted by atomic mass is 10.1.